The predicted octanol–water partition coefficient (Wildman–Crippen LogP) is 1.80. The van der Waals surface area contributed by atoms with Gasteiger partial charge in [0.1, 0.15) is 12.4 Å². The van der Waals surface area contributed by atoms with Crippen LogP contribution in [0.2, 0.25) is 0 Å². The fourth-order valence-electron chi connectivity index (χ4n) is 2.09. The first-order chi connectivity index (χ1) is 8.99. The number of halogens is 2. The van der Waals surface area contributed by atoms with Gasteiger partial charge < -0.3 is 15.2 Å². The number of hydrogen-bond acceptors (Lipinski definition) is 3. The Balaban J connectivity index is 2.15. The number of aliphatic carboxylic acids is 1. The molecule has 1 unspecified atom stereocenters. The monoisotopic (exact) mass is 271 g/mol. The van der Waals surface area contributed by atoms with Crippen LogP contribution in [0.1, 0.15) is 12.8 Å². The van der Waals surface area contributed by atoms with E-state index in [1.807, 2.05) is 0 Å². The summed E-state index contributed by atoms with van der Waals surface area (Å²) in [5, 5.41) is 12.1. The van der Waals surface area contributed by atoms with Crippen LogP contribution in [0.25, 0.3) is 0 Å². The molecule has 2 N–H and O–H groups in total. The number of hydrogen-bond donors (Lipinski definition) is 2. The number of ether oxygens (including phenoxy) is 1. The van der Waals surface area contributed by atoms with Crippen LogP contribution in [-0.2, 0) is 4.79 Å². The average Bonchev–Trinajstić information content (AvgIpc) is 3.19. The van der Waals surface area contributed by atoms with E-state index in [1.165, 1.54) is 7.05 Å². The van der Waals surface area contributed by atoms with Crippen molar-refractivity contribution in [3.63, 3.8) is 0 Å². The lowest BCUT2D eigenvalue weighted by Crippen LogP contribution is -2.56. The van der Waals surface area contributed by atoms with Crippen LogP contribution in [0.4, 0.5) is 8.78 Å². The summed E-state index contributed by atoms with van der Waals surface area (Å²) in [6, 6.07) is 2.83. The smallest absolute Gasteiger partial charge is 0.327 e. The number of rotatable bonds is 6. The first kappa shape index (κ1) is 13.7. The zero-order chi connectivity index (χ0) is 14.0. The molecule has 104 valence electrons. The van der Waals surface area contributed by atoms with Crippen molar-refractivity contribution >= 4 is 5.97 Å². The molecule has 1 atom stereocenters. The fraction of sp³-hybridized carbons (Fsp3) is 0.462. The molecule has 0 radical (unpaired) electrons. The van der Waals surface area contributed by atoms with E-state index < -0.39 is 23.1 Å². The van der Waals surface area contributed by atoms with Crippen LogP contribution in [0.15, 0.2) is 18.2 Å². The zero-order valence-corrected chi connectivity index (χ0v) is 10.5. The summed E-state index contributed by atoms with van der Waals surface area (Å²) >= 11 is 0. The number of likely N-dealkylation sites (N-methyl/N-ethyl adjacent to an activating group) is 1. The zero-order valence-electron chi connectivity index (χ0n) is 10.5. The minimum atomic E-state index is -1.25. The van der Waals surface area contributed by atoms with Crippen LogP contribution in [0, 0.1) is 17.6 Å². The topological polar surface area (TPSA) is 58.6 Å². The molecule has 1 fully saturated rings. The Labute approximate surface area is 109 Å². The molecule has 0 aliphatic heterocycles. The molecule has 1 aliphatic carbocycles. The largest absolute Gasteiger partial charge is 0.488 e. The maximum atomic E-state index is 13.4. The first-order valence-corrected chi connectivity index (χ1v) is 6.00. The average molecular weight is 271 g/mol. The van der Waals surface area contributed by atoms with Gasteiger partial charge in [-0.25, -0.2) is 8.78 Å². The van der Waals surface area contributed by atoms with Crippen molar-refractivity contribution in [2.75, 3.05) is 13.7 Å². The molecular formula is C13H15F2NO3. The van der Waals surface area contributed by atoms with Crippen LogP contribution < -0.4 is 10.1 Å². The molecule has 1 aromatic rings. The van der Waals surface area contributed by atoms with Crippen molar-refractivity contribution in [3.05, 3.63) is 29.8 Å². The molecule has 2 rings (SSSR count). The highest BCUT2D eigenvalue weighted by Gasteiger charge is 2.51. The summed E-state index contributed by atoms with van der Waals surface area (Å²) in [5.74, 6) is -2.72. The SMILES string of the molecule is CNC(COc1cc(F)ccc1F)(C(=O)O)C1CC1. The fourth-order valence-corrected chi connectivity index (χ4v) is 2.09. The molecular weight excluding hydrogens is 256 g/mol. The van der Waals surface area contributed by atoms with E-state index in [0.29, 0.717) is 0 Å². The molecule has 0 heterocycles. The molecule has 0 bridgehead atoms. The molecule has 19 heavy (non-hydrogen) atoms. The van der Waals surface area contributed by atoms with E-state index in [1.54, 1.807) is 0 Å². The Morgan fingerprint density at radius 1 is 1.53 bits per heavy atom. The van der Waals surface area contributed by atoms with Gasteiger partial charge in [-0.1, -0.05) is 0 Å². The molecule has 0 aromatic heterocycles. The van der Waals surface area contributed by atoms with Gasteiger partial charge in [0.05, 0.1) is 0 Å². The van der Waals surface area contributed by atoms with Gasteiger partial charge in [0.2, 0.25) is 0 Å². The van der Waals surface area contributed by atoms with Crippen molar-refractivity contribution in [1.29, 1.82) is 0 Å². The number of carbonyl (C=O) groups is 1. The van der Waals surface area contributed by atoms with E-state index in [2.05, 4.69) is 5.32 Å². The maximum Gasteiger partial charge on any atom is 0.327 e. The summed E-state index contributed by atoms with van der Waals surface area (Å²) in [6.07, 6.45) is 1.56. The molecule has 1 aromatic carbocycles. The van der Waals surface area contributed by atoms with Gasteiger partial charge >= 0.3 is 5.97 Å². The molecule has 4 nitrogen and oxygen atoms in total. The standard InChI is InChI=1S/C13H15F2NO3/c1-16-13(12(17)18,8-2-3-8)7-19-11-6-9(14)4-5-10(11)15/h4-6,8,16H,2-3,7H2,1H3,(H,17,18). The van der Waals surface area contributed by atoms with Gasteiger partial charge in [-0.05, 0) is 37.9 Å². The van der Waals surface area contributed by atoms with E-state index in [9.17, 15) is 18.7 Å². The van der Waals surface area contributed by atoms with Crippen molar-refractivity contribution in [3.8, 4) is 5.75 Å². The summed E-state index contributed by atoms with van der Waals surface area (Å²) in [7, 11) is 1.53. The lowest BCUT2D eigenvalue weighted by molar-refractivity contribution is -0.147. The van der Waals surface area contributed by atoms with Crippen LogP contribution in [-0.4, -0.2) is 30.3 Å². The van der Waals surface area contributed by atoms with Gasteiger partial charge in [-0.2, -0.15) is 0 Å². The van der Waals surface area contributed by atoms with Crippen molar-refractivity contribution < 1.29 is 23.4 Å². The van der Waals surface area contributed by atoms with Crippen LogP contribution >= 0.6 is 0 Å². The highest BCUT2D eigenvalue weighted by molar-refractivity contribution is 5.80. The quantitative estimate of drug-likeness (QED) is 0.828. The third-order valence-electron chi connectivity index (χ3n) is 3.45. The minimum Gasteiger partial charge on any atom is -0.488 e. The van der Waals surface area contributed by atoms with Crippen molar-refractivity contribution in [2.24, 2.45) is 5.92 Å². The summed E-state index contributed by atoms with van der Waals surface area (Å²) in [6.45, 7) is -0.246. The molecule has 0 amide bonds. The lowest BCUT2D eigenvalue weighted by atomic mass is 9.94. The second-order valence-electron chi connectivity index (χ2n) is 4.66. The van der Waals surface area contributed by atoms with Crippen molar-refractivity contribution in [2.45, 2.75) is 18.4 Å². The van der Waals surface area contributed by atoms with E-state index >= 15 is 0 Å². The molecule has 1 saturated carbocycles. The van der Waals surface area contributed by atoms with Crippen LogP contribution in [0.5, 0.6) is 5.75 Å². The maximum absolute atomic E-state index is 13.4. The van der Waals surface area contributed by atoms with Gasteiger partial charge in [-0.15, -0.1) is 0 Å². The lowest BCUT2D eigenvalue weighted by Gasteiger charge is -2.28. The highest BCUT2D eigenvalue weighted by Crippen LogP contribution is 2.40. The Hall–Kier alpha value is -1.69. The molecule has 0 saturated heterocycles. The molecule has 1 aliphatic rings. The normalized spacial score (nSPS) is 17.8. The molecule has 0 spiro atoms. The second-order valence-corrected chi connectivity index (χ2v) is 4.66. The number of carboxylic acids is 1. The Morgan fingerprint density at radius 3 is 2.74 bits per heavy atom. The van der Waals surface area contributed by atoms with Gasteiger partial charge in [0, 0.05) is 6.07 Å². The summed E-state index contributed by atoms with van der Waals surface area (Å²) < 4.78 is 31.6. The van der Waals surface area contributed by atoms with Gasteiger partial charge in [-0.3, -0.25) is 4.79 Å². The predicted molar refractivity (Wildman–Crippen MR) is 64.0 cm³/mol. The number of benzene rings is 1. The third-order valence-corrected chi connectivity index (χ3v) is 3.45. The van der Waals surface area contributed by atoms with E-state index in [4.69, 9.17) is 4.74 Å². The Kier molecular flexibility index (Phi) is 3.71. The van der Waals surface area contributed by atoms with Crippen LogP contribution in [0.3, 0.4) is 0 Å². The van der Waals surface area contributed by atoms with Gasteiger partial charge in [0.25, 0.3) is 0 Å². The Bertz CT molecular complexity index is 491. The van der Waals surface area contributed by atoms with E-state index in [0.717, 1.165) is 31.0 Å². The van der Waals surface area contributed by atoms with Crippen molar-refractivity contribution in [1.82, 2.24) is 5.32 Å². The third kappa shape index (κ3) is 2.68. The molecule has 6 heteroatoms. The highest BCUT2D eigenvalue weighted by atomic mass is 19.1. The van der Waals surface area contributed by atoms with Gasteiger partial charge in [0.15, 0.2) is 17.1 Å². The Morgan fingerprint density at radius 2 is 2.21 bits per heavy atom. The minimum absolute atomic E-state index is 0.0494. The van der Waals surface area contributed by atoms with E-state index in [-0.39, 0.29) is 18.3 Å². The summed E-state index contributed by atoms with van der Waals surface area (Å²) in [5.41, 5.74) is -1.25. The number of carboxylic acid groups (broad SMARTS) is 1. The first-order valence-electron chi connectivity index (χ1n) is 6.00. The summed E-state index contributed by atoms with van der Waals surface area (Å²) in [4.78, 5) is 11.4. The second kappa shape index (κ2) is 5.13. The number of nitrogens with one attached hydrogen (secondary N) is 1.